The van der Waals surface area contributed by atoms with E-state index in [0.29, 0.717) is 0 Å². The number of sulfonamides is 1. The van der Waals surface area contributed by atoms with Crippen molar-refractivity contribution >= 4 is 33.6 Å². The highest BCUT2D eigenvalue weighted by Crippen LogP contribution is 2.22. The predicted molar refractivity (Wildman–Crippen MR) is 88.4 cm³/mol. The maximum atomic E-state index is 12.2. The Morgan fingerprint density at radius 2 is 1.85 bits per heavy atom. The van der Waals surface area contributed by atoms with Gasteiger partial charge in [-0.1, -0.05) is 12.1 Å². The number of carbonyl (C=O) groups excluding carboxylic acids is 1. The number of hydrogen-bond donors (Lipinski definition) is 3. The number of rotatable bonds is 6. The second kappa shape index (κ2) is 7.56. The number of nitrogens with zero attached hydrogens (tertiary/aromatic N) is 4. The van der Waals surface area contributed by atoms with Crippen LogP contribution in [0.25, 0.3) is 0 Å². The molecule has 2 aromatic rings. The lowest BCUT2D eigenvalue weighted by Crippen LogP contribution is -2.35. The van der Waals surface area contributed by atoms with Crippen LogP contribution in [0.15, 0.2) is 29.2 Å². The van der Waals surface area contributed by atoms with Crippen LogP contribution in [-0.2, 0) is 10.0 Å². The Bertz CT molecular complexity index is 927. The van der Waals surface area contributed by atoms with Gasteiger partial charge in [0.2, 0.25) is 11.9 Å². The summed E-state index contributed by atoms with van der Waals surface area (Å²) in [5, 5.41) is 15.6. The van der Waals surface area contributed by atoms with Crippen LogP contribution in [0.3, 0.4) is 0 Å². The third-order valence-corrected chi connectivity index (χ3v) is 4.20. The minimum atomic E-state index is -4.51. The fourth-order valence-corrected chi connectivity index (χ4v) is 2.84. The van der Waals surface area contributed by atoms with Crippen LogP contribution in [0.4, 0.5) is 22.4 Å². The van der Waals surface area contributed by atoms with Crippen molar-refractivity contribution in [3.8, 4) is 6.01 Å². The Kier molecular flexibility index (Phi) is 5.46. The van der Waals surface area contributed by atoms with Crippen molar-refractivity contribution in [3.63, 3.8) is 0 Å². The number of urea groups is 1. The Labute approximate surface area is 147 Å². The Hall–Kier alpha value is -3.55. The molecule has 0 saturated heterocycles. The van der Waals surface area contributed by atoms with Gasteiger partial charge in [-0.2, -0.15) is 15.0 Å². The molecule has 0 aliphatic heterocycles. The van der Waals surface area contributed by atoms with Crippen molar-refractivity contribution in [2.45, 2.75) is 4.90 Å². The molecular formula is C12H13N7O6S. The molecule has 138 valence electrons. The summed E-state index contributed by atoms with van der Waals surface area (Å²) >= 11 is 0. The summed E-state index contributed by atoms with van der Waals surface area (Å²) in [6.07, 6.45) is 0. The van der Waals surface area contributed by atoms with Crippen molar-refractivity contribution in [2.75, 3.05) is 24.8 Å². The molecule has 3 N–H and O–H groups in total. The van der Waals surface area contributed by atoms with Gasteiger partial charge < -0.3 is 10.1 Å². The Morgan fingerprint density at radius 1 is 1.19 bits per heavy atom. The Morgan fingerprint density at radius 3 is 2.46 bits per heavy atom. The molecule has 0 aliphatic carbocycles. The first-order valence-electron chi connectivity index (χ1n) is 6.82. The highest BCUT2D eigenvalue weighted by Gasteiger charge is 2.27. The van der Waals surface area contributed by atoms with Gasteiger partial charge in [0.25, 0.3) is 15.7 Å². The van der Waals surface area contributed by atoms with E-state index in [4.69, 9.17) is 4.74 Å². The lowest BCUT2D eigenvalue weighted by molar-refractivity contribution is -0.387. The Balaban J connectivity index is 2.23. The number of ether oxygens (including phenoxy) is 1. The maximum absolute atomic E-state index is 12.2. The molecule has 1 aromatic heterocycles. The van der Waals surface area contributed by atoms with Gasteiger partial charge in [-0.25, -0.2) is 17.9 Å². The number of carbonyl (C=O) groups is 1. The number of amides is 2. The molecule has 26 heavy (non-hydrogen) atoms. The second-order valence-electron chi connectivity index (χ2n) is 4.50. The second-order valence-corrected chi connectivity index (χ2v) is 6.15. The number of anilines is 2. The fraction of sp³-hybridized carbons (Fsp3) is 0.167. The van der Waals surface area contributed by atoms with E-state index in [1.54, 1.807) is 4.72 Å². The molecule has 1 heterocycles. The van der Waals surface area contributed by atoms with Crippen LogP contribution in [0.5, 0.6) is 6.01 Å². The average molecular weight is 383 g/mol. The smallest absolute Gasteiger partial charge is 0.335 e. The van der Waals surface area contributed by atoms with Gasteiger partial charge in [-0.05, 0) is 6.07 Å². The molecular weight excluding hydrogens is 370 g/mol. The topological polar surface area (TPSA) is 178 Å². The van der Waals surface area contributed by atoms with E-state index < -0.39 is 31.6 Å². The van der Waals surface area contributed by atoms with Gasteiger partial charge in [-0.15, -0.1) is 0 Å². The number of nitrogens with one attached hydrogen (secondary N) is 3. The van der Waals surface area contributed by atoms with E-state index in [1.165, 1.54) is 26.3 Å². The van der Waals surface area contributed by atoms with Crippen LogP contribution < -0.4 is 20.1 Å². The molecule has 0 aliphatic rings. The number of aromatic nitrogens is 3. The van der Waals surface area contributed by atoms with Crippen LogP contribution >= 0.6 is 0 Å². The van der Waals surface area contributed by atoms with Crippen LogP contribution in [0, 0.1) is 10.1 Å². The van der Waals surface area contributed by atoms with E-state index >= 15 is 0 Å². The van der Waals surface area contributed by atoms with Crippen LogP contribution in [-0.4, -0.2) is 48.5 Å². The van der Waals surface area contributed by atoms with Gasteiger partial charge in [0, 0.05) is 13.1 Å². The molecule has 0 fully saturated rings. The van der Waals surface area contributed by atoms with E-state index in [1.807, 2.05) is 0 Å². The largest absolute Gasteiger partial charge is 0.467 e. The fourth-order valence-electron chi connectivity index (χ4n) is 1.75. The molecule has 0 saturated carbocycles. The lowest BCUT2D eigenvalue weighted by Gasteiger charge is -2.09. The van der Waals surface area contributed by atoms with E-state index in [9.17, 15) is 23.3 Å². The van der Waals surface area contributed by atoms with Crippen molar-refractivity contribution in [2.24, 2.45) is 0 Å². The monoisotopic (exact) mass is 383 g/mol. The molecule has 0 atom stereocenters. The molecule has 2 amide bonds. The van der Waals surface area contributed by atoms with Crippen molar-refractivity contribution in [3.05, 3.63) is 34.4 Å². The number of hydrogen-bond acceptors (Lipinski definition) is 10. The summed E-state index contributed by atoms with van der Waals surface area (Å²) in [6, 6.07) is 3.24. The minimum Gasteiger partial charge on any atom is -0.467 e. The highest BCUT2D eigenvalue weighted by atomic mass is 32.2. The summed E-state index contributed by atoms with van der Waals surface area (Å²) in [5.74, 6) is -0.231. The van der Waals surface area contributed by atoms with Gasteiger partial charge in [0.1, 0.15) is 0 Å². The number of methoxy groups -OCH3 is 1. The molecule has 1 aromatic carbocycles. The summed E-state index contributed by atoms with van der Waals surface area (Å²) in [6.45, 7) is 0. The van der Waals surface area contributed by atoms with Crippen LogP contribution in [0.2, 0.25) is 0 Å². The third kappa shape index (κ3) is 4.29. The molecule has 0 bridgehead atoms. The van der Waals surface area contributed by atoms with Crippen LogP contribution in [0.1, 0.15) is 0 Å². The zero-order valence-corrected chi connectivity index (χ0v) is 14.3. The van der Waals surface area contributed by atoms with Gasteiger partial charge in [0.15, 0.2) is 4.90 Å². The molecule has 14 heteroatoms. The predicted octanol–water partition coefficient (Wildman–Crippen LogP) is 0.340. The van der Waals surface area contributed by atoms with Crippen molar-refractivity contribution < 1.29 is 22.9 Å². The quantitative estimate of drug-likeness (QED) is 0.465. The minimum absolute atomic E-state index is 0.0636. The summed E-state index contributed by atoms with van der Waals surface area (Å²) in [5.41, 5.74) is -0.674. The first kappa shape index (κ1) is 18.8. The summed E-state index contributed by atoms with van der Waals surface area (Å²) in [4.78, 5) is 32.7. The van der Waals surface area contributed by atoms with Crippen molar-refractivity contribution in [1.82, 2.24) is 19.7 Å². The number of benzene rings is 1. The zero-order chi connectivity index (χ0) is 19.3. The van der Waals surface area contributed by atoms with E-state index in [2.05, 4.69) is 25.6 Å². The van der Waals surface area contributed by atoms with Gasteiger partial charge >= 0.3 is 12.0 Å². The standard InChI is InChI=1S/C12H13N7O6S/c1-13-9-14-10(17-12(16-9)25-2)15-11(20)18-26(23,24)8-6-4-3-5-7(8)19(21)22/h3-6H,1-2H3,(H3,13,14,15,16,17,18,20). The number of nitro benzene ring substituents is 1. The average Bonchev–Trinajstić information content (AvgIpc) is 2.60. The lowest BCUT2D eigenvalue weighted by atomic mass is 10.3. The molecule has 2 rings (SSSR count). The molecule has 0 radical (unpaired) electrons. The van der Waals surface area contributed by atoms with E-state index in [0.717, 1.165) is 12.1 Å². The number of para-hydroxylation sites is 1. The van der Waals surface area contributed by atoms with Gasteiger partial charge in [0.05, 0.1) is 12.0 Å². The first-order valence-corrected chi connectivity index (χ1v) is 8.30. The van der Waals surface area contributed by atoms with E-state index in [-0.39, 0.29) is 17.9 Å². The summed E-state index contributed by atoms with van der Waals surface area (Å²) < 4.78 is 30.9. The number of nitro groups is 1. The highest BCUT2D eigenvalue weighted by molar-refractivity contribution is 7.90. The maximum Gasteiger partial charge on any atom is 0.335 e. The third-order valence-electron chi connectivity index (χ3n) is 2.82. The zero-order valence-electron chi connectivity index (χ0n) is 13.5. The summed E-state index contributed by atoms with van der Waals surface area (Å²) in [7, 11) is -1.71. The SMILES string of the molecule is CNc1nc(NC(=O)NS(=O)(=O)c2ccccc2[N+](=O)[O-])nc(OC)n1. The molecule has 13 nitrogen and oxygen atoms in total. The molecule has 0 unspecified atom stereocenters. The normalized spacial score (nSPS) is 10.7. The molecule has 0 spiro atoms. The first-order chi connectivity index (χ1) is 12.3. The van der Waals surface area contributed by atoms with Crippen molar-refractivity contribution in [1.29, 1.82) is 0 Å². The van der Waals surface area contributed by atoms with Gasteiger partial charge in [-0.3, -0.25) is 15.4 Å².